The molecular weight excluding hydrogens is 673 g/mol. The topological polar surface area (TPSA) is 75.6 Å². The molecule has 12 rings (SSSR count). The molecule has 55 heavy (non-hydrogen) atoms. The lowest BCUT2D eigenvalue weighted by Gasteiger charge is -2.57. The molecule has 6 aromatic carbocycles. The van der Waals surface area contributed by atoms with Crippen LogP contribution < -0.4 is 0 Å². The normalized spacial score (nSPS) is 21.3. The van der Waals surface area contributed by atoms with E-state index >= 15 is 0 Å². The molecule has 0 atom stereocenters. The molecular formula is C50H38N4O. The highest BCUT2D eigenvalue weighted by Gasteiger charge is 2.51. The molecule has 4 aliphatic carbocycles. The van der Waals surface area contributed by atoms with Crippen molar-refractivity contribution in [1.29, 1.82) is 5.26 Å². The zero-order valence-electron chi connectivity index (χ0n) is 30.5. The number of aromatic nitrogens is 3. The van der Waals surface area contributed by atoms with Crippen LogP contribution in [0.5, 0.6) is 0 Å². The summed E-state index contributed by atoms with van der Waals surface area (Å²) in [4.78, 5) is 15.3. The van der Waals surface area contributed by atoms with Gasteiger partial charge in [0, 0.05) is 33.0 Å². The van der Waals surface area contributed by atoms with E-state index in [9.17, 15) is 5.26 Å². The largest absolute Gasteiger partial charge is 0.455 e. The van der Waals surface area contributed by atoms with Crippen LogP contribution in [0, 0.1) is 29.1 Å². The average Bonchev–Trinajstić information content (AvgIpc) is 3.62. The van der Waals surface area contributed by atoms with Gasteiger partial charge in [-0.2, -0.15) is 5.26 Å². The van der Waals surface area contributed by atoms with E-state index in [1.54, 1.807) is 6.07 Å². The van der Waals surface area contributed by atoms with Gasteiger partial charge >= 0.3 is 0 Å². The zero-order valence-corrected chi connectivity index (χ0v) is 30.5. The third kappa shape index (κ3) is 5.47. The van der Waals surface area contributed by atoms with Crippen LogP contribution in [-0.4, -0.2) is 15.0 Å². The summed E-state index contributed by atoms with van der Waals surface area (Å²) in [7, 11) is 0. The van der Waals surface area contributed by atoms with Gasteiger partial charge in [-0.05, 0) is 102 Å². The van der Waals surface area contributed by atoms with E-state index in [-0.39, 0.29) is 0 Å². The van der Waals surface area contributed by atoms with Crippen LogP contribution in [0.4, 0.5) is 0 Å². The predicted octanol–water partition coefficient (Wildman–Crippen LogP) is 12.4. The molecule has 5 nitrogen and oxygen atoms in total. The Balaban J connectivity index is 0.970. The first kappa shape index (κ1) is 32.1. The summed E-state index contributed by atoms with van der Waals surface area (Å²) < 4.78 is 6.35. The van der Waals surface area contributed by atoms with E-state index in [0.717, 1.165) is 73.1 Å². The Morgan fingerprint density at radius 1 is 0.509 bits per heavy atom. The van der Waals surface area contributed by atoms with Crippen LogP contribution in [0.25, 0.3) is 78.4 Å². The van der Waals surface area contributed by atoms with Crippen LogP contribution >= 0.6 is 0 Å². The second-order valence-corrected chi connectivity index (χ2v) is 16.2. The molecule has 2 aromatic heterocycles. The number of benzene rings is 6. The lowest BCUT2D eigenvalue weighted by atomic mass is 9.48. The minimum atomic E-state index is 0.372. The van der Waals surface area contributed by atoms with Gasteiger partial charge in [0.1, 0.15) is 11.2 Å². The standard InChI is InChI=1S/C50H38N4O/c51-30-31-13-22-45-44(26-31)42-12-6-11-41(46(42)55-45)36-14-16-38(17-15-36)48-52-47(37-7-2-1-3-8-37)53-49(54-48)43-10-5-4-9-40(43)35-18-20-39(21-19-35)50-27-32-23-33(28-50)25-34(24-32)29-50/h1-22,26,32-34H,23-25,27-29H2/t32-,33+,34-,50?. The van der Waals surface area contributed by atoms with Crippen molar-refractivity contribution in [3.63, 3.8) is 0 Å². The lowest BCUT2D eigenvalue weighted by molar-refractivity contribution is -0.00518. The van der Waals surface area contributed by atoms with Crippen LogP contribution in [0.15, 0.2) is 144 Å². The van der Waals surface area contributed by atoms with Crippen molar-refractivity contribution in [1.82, 2.24) is 15.0 Å². The number of furan rings is 1. The average molecular weight is 711 g/mol. The summed E-state index contributed by atoms with van der Waals surface area (Å²) in [6, 6.07) is 50.5. The number of nitrogens with zero attached hydrogens (tertiary/aromatic N) is 4. The van der Waals surface area contributed by atoms with Crippen molar-refractivity contribution < 1.29 is 4.42 Å². The van der Waals surface area contributed by atoms with E-state index in [2.05, 4.69) is 97.1 Å². The lowest BCUT2D eigenvalue weighted by Crippen LogP contribution is -2.48. The van der Waals surface area contributed by atoms with Crippen molar-refractivity contribution in [2.24, 2.45) is 17.8 Å². The zero-order chi connectivity index (χ0) is 36.5. The van der Waals surface area contributed by atoms with Crippen LogP contribution in [0.3, 0.4) is 0 Å². The molecule has 0 unspecified atom stereocenters. The van der Waals surface area contributed by atoms with Crippen LogP contribution in [0.2, 0.25) is 0 Å². The highest BCUT2D eigenvalue weighted by Crippen LogP contribution is 2.60. The monoisotopic (exact) mass is 710 g/mol. The maximum atomic E-state index is 9.48. The molecule has 2 heterocycles. The van der Waals surface area contributed by atoms with Crippen molar-refractivity contribution in [2.45, 2.75) is 43.9 Å². The molecule has 4 bridgehead atoms. The Morgan fingerprint density at radius 3 is 1.76 bits per heavy atom. The summed E-state index contributed by atoms with van der Waals surface area (Å²) in [5.41, 5.74) is 11.2. The first-order chi connectivity index (χ1) is 27.1. The van der Waals surface area contributed by atoms with Gasteiger partial charge in [-0.1, -0.05) is 121 Å². The highest BCUT2D eigenvalue weighted by molar-refractivity contribution is 6.09. The molecule has 0 N–H and O–H groups in total. The van der Waals surface area contributed by atoms with E-state index in [4.69, 9.17) is 19.4 Å². The first-order valence-corrected chi connectivity index (χ1v) is 19.6. The molecule has 0 radical (unpaired) electrons. The van der Waals surface area contributed by atoms with Crippen molar-refractivity contribution in [2.75, 3.05) is 0 Å². The molecule has 0 aliphatic heterocycles. The van der Waals surface area contributed by atoms with Gasteiger partial charge in [0.15, 0.2) is 17.5 Å². The summed E-state index contributed by atoms with van der Waals surface area (Å²) in [5.74, 6) is 4.67. The first-order valence-electron chi connectivity index (χ1n) is 19.6. The van der Waals surface area contributed by atoms with Gasteiger partial charge < -0.3 is 4.42 Å². The summed E-state index contributed by atoms with van der Waals surface area (Å²) >= 11 is 0. The molecule has 0 saturated heterocycles. The number of hydrogen-bond donors (Lipinski definition) is 0. The fourth-order valence-electron chi connectivity index (χ4n) is 10.6. The van der Waals surface area contributed by atoms with E-state index in [0.29, 0.717) is 28.5 Å². The number of fused-ring (bicyclic) bond motifs is 3. The van der Waals surface area contributed by atoms with E-state index in [1.165, 1.54) is 49.7 Å². The Morgan fingerprint density at radius 2 is 1.07 bits per heavy atom. The number of nitriles is 1. The van der Waals surface area contributed by atoms with E-state index < -0.39 is 0 Å². The van der Waals surface area contributed by atoms with Gasteiger partial charge in [-0.15, -0.1) is 0 Å². The van der Waals surface area contributed by atoms with Crippen molar-refractivity contribution in [3.8, 4) is 62.5 Å². The molecule has 4 fully saturated rings. The molecule has 0 amide bonds. The Kier molecular flexibility index (Phi) is 7.35. The molecule has 0 spiro atoms. The number of para-hydroxylation sites is 1. The summed E-state index contributed by atoms with van der Waals surface area (Å²) in [6.07, 6.45) is 8.47. The minimum Gasteiger partial charge on any atom is -0.455 e. The fourth-order valence-corrected chi connectivity index (χ4v) is 10.6. The van der Waals surface area contributed by atoms with Gasteiger partial charge in [-0.3, -0.25) is 0 Å². The molecule has 8 aromatic rings. The van der Waals surface area contributed by atoms with Gasteiger partial charge in [0.25, 0.3) is 0 Å². The quantitative estimate of drug-likeness (QED) is 0.172. The Hall–Kier alpha value is -6.38. The van der Waals surface area contributed by atoms with Crippen LogP contribution in [0.1, 0.15) is 49.7 Å². The summed E-state index contributed by atoms with van der Waals surface area (Å²) in [5, 5.41) is 11.4. The SMILES string of the molecule is N#Cc1ccc2oc3c(-c4ccc(-c5nc(-c6ccccc6)nc(-c6ccccc6-c6ccc(C78C[C@H]9C[C@@H](C7)C[C@@H](C8)C9)cc6)n5)cc4)cccc3c2c1. The Labute approximate surface area is 320 Å². The Bertz CT molecular complexity index is 2760. The second kappa shape index (κ2) is 12.6. The third-order valence-electron chi connectivity index (χ3n) is 12.8. The van der Waals surface area contributed by atoms with Gasteiger partial charge in [0.05, 0.1) is 11.6 Å². The third-order valence-corrected chi connectivity index (χ3v) is 12.8. The number of rotatable bonds is 6. The number of hydrogen-bond acceptors (Lipinski definition) is 5. The molecule has 4 saturated carbocycles. The van der Waals surface area contributed by atoms with Crippen LogP contribution in [-0.2, 0) is 5.41 Å². The molecule has 264 valence electrons. The fraction of sp³-hybridized carbons (Fsp3) is 0.200. The maximum absolute atomic E-state index is 9.48. The van der Waals surface area contributed by atoms with Gasteiger partial charge in [0.2, 0.25) is 0 Å². The minimum absolute atomic E-state index is 0.372. The summed E-state index contributed by atoms with van der Waals surface area (Å²) in [6.45, 7) is 0. The predicted molar refractivity (Wildman–Crippen MR) is 219 cm³/mol. The second-order valence-electron chi connectivity index (χ2n) is 16.2. The maximum Gasteiger partial charge on any atom is 0.164 e. The highest BCUT2D eigenvalue weighted by atomic mass is 16.3. The molecule has 5 heteroatoms. The van der Waals surface area contributed by atoms with Crippen molar-refractivity contribution >= 4 is 21.9 Å². The van der Waals surface area contributed by atoms with Gasteiger partial charge in [-0.25, -0.2) is 15.0 Å². The smallest absolute Gasteiger partial charge is 0.164 e. The van der Waals surface area contributed by atoms with Crippen molar-refractivity contribution in [3.05, 3.63) is 151 Å². The molecule has 4 aliphatic rings. The van der Waals surface area contributed by atoms with E-state index in [1.807, 2.05) is 42.5 Å².